The summed E-state index contributed by atoms with van der Waals surface area (Å²) in [6, 6.07) is 12.1. The van der Waals surface area contributed by atoms with E-state index in [-0.39, 0.29) is 42.7 Å². The number of anilines is 1. The number of hydrogen-bond donors (Lipinski definition) is 5. The summed E-state index contributed by atoms with van der Waals surface area (Å²) in [5.74, 6) is -1.03. The van der Waals surface area contributed by atoms with Crippen molar-refractivity contribution in [1.29, 1.82) is 5.53 Å². The number of aromatic nitrogens is 3. The van der Waals surface area contributed by atoms with Crippen LogP contribution < -0.4 is 20.7 Å². The molecule has 5 N–H and O–H groups in total. The highest BCUT2D eigenvalue weighted by atomic mass is 19.4. The first-order valence-corrected chi connectivity index (χ1v) is 12.8. The van der Waals surface area contributed by atoms with Crippen LogP contribution in [0.1, 0.15) is 24.2 Å². The number of unbranched alkanes of at least 4 members (excludes halogenated alkanes) is 1. The van der Waals surface area contributed by atoms with Crippen molar-refractivity contribution in [2.45, 2.75) is 32.0 Å². The van der Waals surface area contributed by atoms with Crippen LogP contribution >= 0.6 is 0 Å². The van der Waals surface area contributed by atoms with E-state index in [1.54, 1.807) is 30.3 Å². The van der Waals surface area contributed by atoms with Gasteiger partial charge in [0.1, 0.15) is 5.75 Å². The summed E-state index contributed by atoms with van der Waals surface area (Å²) in [4.78, 5) is 28.4. The van der Waals surface area contributed by atoms with E-state index in [1.807, 2.05) is 0 Å². The minimum Gasteiger partial charge on any atom is -0.406 e. The summed E-state index contributed by atoms with van der Waals surface area (Å²) in [6.07, 6.45) is 0.0547. The Morgan fingerprint density at radius 2 is 1.83 bits per heavy atom. The number of nitrogens with zero attached hydrogens (tertiary/aromatic N) is 4. The van der Waals surface area contributed by atoms with E-state index in [0.29, 0.717) is 29.8 Å². The molecule has 0 saturated heterocycles. The molecule has 2 amide bonds. The number of aliphatic hydroxyl groups is 1. The Kier molecular flexibility index (Phi) is 11.9. The second-order valence-corrected chi connectivity index (χ2v) is 8.78. The third kappa shape index (κ3) is 10.9. The van der Waals surface area contributed by atoms with E-state index in [2.05, 4.69) is 41.0 Å². The Morgan fingerprint density at radius 3 is 2.55 bits per heavy atom. The number of aliphatic hydroxyl groups excluding tert-OH is 1. The zero-order chi connectivity index (χ0) is 30.4. The average molecular weight is 587 g/mol. The lowest BCUT2D eigenvalue weighted by molar-refractivity contribution is -0.274. The van der Waals surface area contributed by atoms with E-state index in [9.17, 15) is 22.8 Å². The molecule has 12 nitrogen and oxygen atoms in total. The van der Waals surface area contributed by atoms with E-state index in [1.165, 1.54) is 30.6 Å². The van der Waals surface area contributed by atoms with Crippen molar-refractivity contribution in [3.05, 3.63) is 78.0 Å². The number of hydrogen-bond acceptors (Lipinski definition) is 10. The number of carbonyl (C=O) groups is 2. The molecule has 0 radical (unpaired) electrons. The fraction of sp³-hybridized carbons (Fsp3) is 0.296. The Morgan fingerprint density at radius 1 is 1.02 bits per heavy atom. The molecule has 0 atom stereocenters. The van der Waals surface area contributed by atoms with Gasteiger partial charge in [0.15, 0.2) is 11.5 Å². The first kappa shape index (κ1) is 31.6. The zero-order valence-corrected chi connectivity index (χ0v) is 22.3. The number of nitrogens with one attached hydrogen (secondary N) is 4. The first-order valence-electron chi connectivity index (χ1n) is 12.8. The van der Waals surface area contributed by atoms with Gasteiger partial charge in [-0.1, -0.05) is 12.1 Å². The van der Waals surface area contributed by atoms with E-state index >= 15 is 0 Å². The number of halogens is 3. The highest BCUT2D eigenvalue weighted by Crippen LogP contribution is 2.28. The maximum atomic E-state index is 12.5. The number of ether oxygens (including phenoxy) is 1. The molecule has 42 heavy (non-hydrogen) atoms. The van der Waals surface area contributed by atoms with Crippen LogP contribution in [0.25, 0.3) is 11.1 Å². The zero-order valence-electron chi connectivity index (χ0n) is 22.3. The second-order valence-electron chi connectivity index (χ2n) is 8.78. The van der Waals surface area contributed by atoms with Crippen molar-refractivity contribution in [2.24, 2.45) is 5.11 Å². The van der Waals surface area contributed by atoms with E-state index in [0.717, 1.165) is 18.5 Å². The first-order chi connectivity index (χ1) is 20.2. The smallest absolute Gasteiger partial charge is 0.406 e. The summed E-state index contributed by atoms with van der Waals surface area (Å²) in [6.45, 7) is 0.405. The Labute approximate surface area is 238 Å². The van der Waals surface area contributed by atoms with Gasteiger partial charge in [0.2, 0.25) is 5.91 Å². The summed E-state index contributed by atoms with van der Waals surface area (Å²) in [5.41, 5.74) is 9.14. The summed E-state index contributed by atoms with van der Waals surface area (Å²) in [7, 11) is 0. The summed E-state index contributed by atoms with van der Waals surface area (Å²) >= 11 is 0. The number of aryl methyl sites for hydroxylation is 1. The predicted octanol–water partition coefficient (Wildman–Crippen LogP) is 3.51. The van der Waals surface area contributed by atoms with Gasteiger partial charge in [0.05, 0.1) is 24.4 Å². The van der Waals surface area contributed by atoms with Crippen LogP contribution in [0, 0.1) is 5.53 Å². The molecular weight excluding hydrogens is 557 g/mol. The van der Waals surface area contributed by atoms with Crippen LogP contribution in [0.5, 0.6) is 5.75 Å². The molecule has 0 unspecified atom stereocenters. The topological polar surface area (TPSA) is 175 Å². The summed E-state index contributed by atoms with van der Waals surface area (Å²) < 4.78 is 41.6. The lowest BCUT2D eigenvalue weighted by Gasteiger charge is -2.10. The molecule has 222 valence electrons. The van der Waals surface area contributed by atoms with Gasteiger partial charge in [-0.3, -0.25) is 14.6 Å². The number of alkyl halides is 3. The highest BCUT2D eigenvalue weighted by molar-refractivity contribution is 5.92. The third-order valence-electron chi connectivity index (χ3n) is 5.54. The Hall–Kier alpha value is -4.92. The number of amides is 2. The van der Waals surface area contributed by atoms with Crippen LogP contribution in [-0.2, 0) is 22.4 Å². The number of pyridine rings is 1. The van der Waals surface area contributed by atoms with Crippen LogP contribution in [-0.4, -0.2) is 58.2 Å². The molecule has 2 heterocycles. The largest absolute Gasteiger partial charge is 0.573 e. The van der Waals surface area contributed by atoms with Gasteiger partial charge in [-0.05, 0) is 66.8 Å². The molecule has 0 aliphatic rings. The molecule has 1 aromatic carbocycles. The molecule has 15 heteroatoms. The fourth-order valence-electron chi connectivity index (χ4n) is 3.65. The van der Waals surface area contributed by atoms with Gasteiger partial charge in [0, 0.05) is 25.5 Å². The standard InChI is InChI=1S/C27H29F3N8O4/c28-27(29,30)42-22-6-3-4-18(15-22)19-9-11-33-21(14-19)16-25(40)35-24-8-7-20(37-38-24)5-1-2-10-32-17-23(36-31)26(41)34-12-13-39/h3-4,6-9,11,14-15,17,31-32,39H,1-2,5,10,12-13,16H2,(H,34,41)(H,35,38,40)/b23-17-,36-31?. The minimum atomic E-state index is -4.80. The van der Waals surface area contributed by atoms with E-state index in [4.69, 9.17) is 10.6 Å². The average Bonchev–Trinajstić information content (AvgIpc) is 2.95. The van der Waals surface area contributed by atoms with Gasteiger partial charge < -0.3 is 25.8 Å². The van der Waals surface area contributed by atoms with Crippen LogP contribution in [0.2, 0.25) is 0 Å². The van der Waals surface area contributed by atoms with Crippen LogP contribution in [0.15, 0.2) is 71.7 Å². The molecule has 0 aliphatic heterocycles. The number of carbonyl (C=O) groups excluding carboxylic acids is 2. The van der Waals surface area contributed by atoms with Gasteiger partial charge in [-0.25, -0.2) is 5.53 Å². The maximum absolute atomic E-state index is 12.5. The molecule has 2 aromatic heterocycles. The lowest BCUT2D eigenvalue weighted by Crippen LogP contribution is -2.28. The second kappa shape index (κ2) is 15.8. The van der Waals surface area contributed by atoms with Gasteiger partial charge >= 0.3 is 6.36 Å². The van der Waals surface area contributed by atoms with Crippen molar-refractivity contribution in [3.63, 3.8) is 0 Å². The van der Waals surface area contributed by atoms with Crippen molar-refractivity contribution in [2.75, 3.05) is 25.0 Å². The molecule has 3 rings (SSSR count). The van der Waals surface area contributed by atoms with Gasteiger partial charge in [0.25, 0.3) is 5.91 Å². The fourth-order valence-corrected chi connectivity index (χ4v) is 3.65. The van der Waals surface area contributed by atoms with E-state index < -0.39 is 12.3 Å². The van der Waals surface area contributed by atoms with Crippen molar-refractivity contribution in [3.8, 4) is 16.9 Å². The number of rotatable bonds is 15. The third-order valence-corrected chi connectivity index (χ3v) is 5.54. The Balaban J connectivity index is 1.44. The van der Waals surface area contributed by atoms with Crippen LogP contribution in [0.3, 0.4) is 0 Å². The molecule has 0 fully saturated rings. The SMILES string of the molecule is N=N/C(=C\NCCCCc1ccc(NC(=O)Cc2cc(-c3cccc(OC(F)(F)F)c3)ccn2)nn1)C(=O)NCCO. The molecule has 0 bridgehead atoms. The normalized spacial score (nSPS) is 11.5. The molecule has 0 spiro atoms. The van der Waals surface area contributed by atoms with Crippen molar-refractivity contribution < 1.29 is 32.6 Å². The predicted molar refractivity (Wildman–Crippen MR) is 145 cm³/mol. The van der Waals surface area contributed by atoms with Gasteiger partial charge in [-0.2, -0.15) is 10.2 Å². The van der Waals surface area contributed by atoms with Crippen molar-refractivity contribution >= 4 is 17.6 Å². The Bertz CT molecular complexity index is 1380. The van der Waals surface area contributed by atoms with Crippen molar-refractivity contribution in [1.82, 2.24) is 25.8 Å². The molecule has 3 aromatic rings. The lowest BCUT2D eigenvalue weighted by atomic mass is 10.1. The molecular formula is C27H29F3N8O4. The maximum Gasteiger partial charge on any atom is 0.573 e. The monoisotopic (exact) mass is 586 g/mol. The molecule has 0 saturated carbocycles. The minimum absolute atomic E-state index is 0.0749. The summed E-state index contributed by atoms with van der Waals surface area (Å²) in [5, 5.41) is 28.0. The van der Waals surface area contributed by atoms with Gasteiger partial charge in [-0.15, -0.1) is 18.3 Å². The highest BCUT2D eigenvalue weighted by Gasteiger charge is 2.31. The quantitative estimate of drug-likeness (QED) is 0.102. The van der Waals surface area contributed by atoms with Crippen LogP contribution in [0.4, 0.5) is 19.0 Å². The molecule has 0 aliphatic carbocycles. The number of benzene rings is 1.